The monoisotopic (exact) mass is 306 g/mol. The number of hydrogen-bond donors (Lipinski definition) is 1. The van der Waals surface area contributed by atoms with Gasteiger partial charge in [0.15, 0.2) is 0 Å². The zero-order valence-corrected chi connectivity index (χ0v) is 12.8. The molecule has 0 aliphatic carbocycles. The van der Waals surface area contributed by atoms with Crippen LogP contribution in [0, 0.1) is 5.92 Å². The van der Waals surface area contributed by atoms with Gasteiger partial charge < -0.3 is 19.7 Å². The average Bonchev–Trinajstić information content (AvgIpc) is 2.99. The number of amides is 1. The number of ether oxygens (including phenoxy) is 2. The van der Waals surface area contributed by atoms with Crippen molar-refractivity contribution in [2.75, 3.05) is 38.3 Å². The van der Waals surface area contributed by atoms with E-state index >= 15 is 0 Å². The van der Waals surface area contributed by atoms with Crippen molar-refractivity contribution >= 4 is 11.7 Å². The van der Waals surface area contributed by atoms with Crippen LogP contribution in [-0.4, -0.2) is 61.4 Å². The molecule has 0 unspecified atom stereocenters. The normalized spacial score (nSPS) is 27.5. The van der Waals surface area contributed by atoms with E-state index in [1.165, 1.54) is 0 Å². The van der Waals surface area contributed by atoms with Gasteiger partial charge in [-0.3, -0.25) is 4.79 Å². The number of fused-ring (bicyclic) bond motifs is 1. The van der Waals surface area contributed by atoms with Crippen LogP contribution in [0.1, 0.15) is 12.8 Å². The molecule has 7 nitrogen and oxygen atoms in total. The van der Waals surface area contributed by atoms with Gasteiger partial charge in [-0.1, -0.05) is 0 Å². The number of piperidine rings is 1. The lowest BCUT2D eigenvalue weighted by Crippen LogP contribution is -2.43. The van der Waals surface area contributed by atoms with Crippen molar-refractivity contribution in [2.24, 2.45) is 5.92 Å². The Morgan fingerprint density at radius 2 is 2.50 bits per heavy atom. The largest absolute Gasteiger partial charge is 0.383 e. The van der Waals surface area contributed by atoms with Crippen molar-refractivity contribution in [1.82, 2.24) is 15.3 Å². The van der Waals surface area contributed by atoms with Gasteiger partial charge >= 0.3 is 0 Å². The van der Waals surface area contributed by atoms with Crippen LogP contribution < -0.4 is 10.2 Å². The molecule has 1 aromatic heterocycles. The van der Waals surface area contributed by atoms with E-state index in [9.17, 15) is 4.79 Å². The Balaban J connectivity index is 1.54. The SMILES string of the molecule is COCCNC(=O)[C@@H]1C[C@@H]2CCN(c3ccncn3)C[C@H]2O1. The van der Waals surface area contributed by atoms with Crippen LogP contribution >= 0.6 is 0 Å². The minimum absolute atomic E-state index is 0.0277. The molecule has 2 aliphatic rings. The number of methoxy groups -OCH3 is 1. The minimum atomic E-state index is -0.336. The van der Waals surface area contributed by atoms with Crippen molar-refractivity contribution in [1.29, 1.82) is 0 Å². The lowest BCUT2D eigenvalue weighted by atomic mass is 9.91. The van der Waals surface area contributed by atoms with E-state index in [1.807, 2.05) is 6.07 Å². The zero-order valence-electron chi connectivity index (χ0n) is 12.8. The van der Waals surface area contributed by atoms with Gasteiger partial charge in [-0.25, -0.2) is 9.97 Å². The molecular formula is C15H22N4O3. The number of rotatable bonds is 5. The molecule has 1 aromatic rings. The average molecular weight is 306 g/mol. The molecule has 120 valence electrons. The summed E-state index contributed by atoms with van der Waals surface area (Å²) in [7, 11) is 1.62. The number of carbonyl (C=O) groups is 1. The van der Waals surface area contributed by atoms with Crippen molar-refractivity contribution in [3.63, 3.8) is 0 Å². The molecule has 0 saturated carbocycles. The van der Waals surface area contributed by atoms with E-state index in [4.69, 9.17) is 9.47 Å². The van der Waals surface area contributed by atoms with Gasteiger partial charge in [0.05, 0.1) is 12.7 Å². The predicted molar refractivity (Wildman–Crippen MR) is 80.5 cm³/mol. The fraction of sp³-hybridized carbons (Fsp3) is 0.667. The smallest absolute Gasteiger partial charge is 0.249 e. The summed E-state index contributed by atoms with van der Waals surface area (Å²) >= 11 is 0. The van der Waals surface area contributed by atoms with Crippen LogP contribution in [0.4, 0.5) is 5.82 Å². The molecule has 2 aliphatic heterocycles. The highest BCUT2D eigenvalue weighted by Crippen LogP contribution is 2.34. The Hall–Kier alpha value is -1.73. The Labute approximate surface area is 130 Å². The summed E-state index contributed by atoms with van der Waals surface area (Å²) in [5, 5.41) is 2.85. The second kappa shape index (κ2) is 7.02. The number of carbonyl (C=O) groups excluding carboxylic acids is 1. The maximum absolute atomic E-state index is 12.1. The third kappa shape index (κ3) is 3.36. The van der Waals surface area contributed by atoms with Gasteiger partial charge in [-0.15, -0.1) is 0 Å². The summed E-state index contributed by atoms with van der Waals surface area (Å²) in [4.78, 5) is 22.5. The first-order valence-corrected chi connectivity index (χ1v) is 7.71. The van der Waals surface area contributed by atoms with Gasteiger partial charge in [-0.2, -0.15) is 0 Å². The molecule has 1 N–H and O–H groups in total. The molecular weight excluding hydrogens is 284 g/mol. The molecule has 0 bridgehead atoms. The van der Waals surface area contributed by atoms with E-state index in [0.717, 1.165) is 31.7 Å². The van der Waals surface area contributed by atoms with Crippen LogP contribution in [-0.2, 0) is 14.3 Å². The number of hydrogen-bond acceptors (Lipinski definition) is 6. The second-order valence-corrected chi connectivity index (χ2v) is 5.75. The molecule has 2 fully saturated rings. The van der Waals surface area contributed by atoms with Gasteiger partial charge in [-0.05, 0) is 24.8 Å². The molecule has 0 aromatic carbocycles. The first-order valence-electron chi connectivity index (χ1n) is 7.71. The molecule has 0 spiro atoms. The quantitative estimate of drug-likeness (QED) is 0.785. The summed E-state index contributed by atoms with van der Waals surface area (Å²) in [5.74, 6) is 1.35. The molecule has 3 heterocycles. The highest BCUT2D eigenvalue weighted by Gasteiger charge is 2.41. The van der Waals surface area contributed by atoms with Gasteiger partial charge in [0.2, 0.25) is 5.91 Å². The van der Waals surface area contributed by atoms with Crippen molar-refractivity contribution in [2.45, 2.75) is 25.0 Å². The summed E-state index contributed by atoms with van der Waals surface area (Å²) in [6, 6.07) is 1.91. The number of nitrogens with zero attached hydrogens (tertiary/aromatic N) is 3. The fourth-order valence-electron chi connectivity index (χ4n) is 3.17. The van der Waals surface area contributed by atoms with E-state index < -0.39 is 0 Å². The predicted octanol–water partition coefficient (Wildman–Crippen LogP) is 0.223. The van der Waals surface area contributed by atoms with E-state index in [1.54, 1.807) is 19.6 Å². The molecule has 3 atom stereocenters. The van der Waals surface area contributed by atoms with Crippen molar-refractivity contribution < 1.29 is 14.3 Å². The summed E-state index contributed by atoms with van der Waals surface area (Å²) in [6.07, 6.45) is 4.90. The number of anilines is 1. The molecule has 3 rings (SSSR count). The van der Waals surface area contributed by atoms with E-state index in [-0.39, 0.29) is 18.1 Å². The molecule has 22 heavy (non-hydrogen) atoms. The Kier molecular flexibility index (Phi) is 4.84. The zero-order chi connectivity index (χ0) is 15.4. The van der Waals surface area contributed by atoms with Crippen LogP contribution in [0.15, 0.2) is 18.6 Å². The highest BCUT2D eigenvalue weighted by atomic mass is 16.5. The molecule has 1 amide bonds. The topological polar surface area (TPSA) is 76.6 Å². The Bertz CT molecular complexity index is 499. The number of aromatic nitrogens is 2. The van der Waals surface area contributed by atoms with E-state index in [2.05, 4.69) is 20.2 Å². The fourth-order valence-corrected chi connectivity index (χ4v) is 3.17. The molecule has 2 saturated heterocycles. The van der Waals surface area contributed by atoms with Gasteiger partial charge in [0, 0.05) is 32.9 Å². The summed E-state index contributed by atoms with van der Waals surface area (Å²) in [5.41, 5.74) is 0. The summed E-state index contributed by atoms with van der Waals surface area (Å²) in [6.45, 7) is 2.77. The first-order chi connectivity index (χ1) is 10.8. The lowest BCUT2D eigenvalue weighted by Gasteiger charge is -2.34. The second-order valence-electron chi connectivity index (χ2n) is 5.75. The third-order valence-corrected chi connectivity index (χ3v) is 4.34. The van der Waals surface area contributed by atoms with Crippen LogP contribution in [0.2, 0.25) is 0 Å². The Morgan fingerprint density at radius 3 is 3.27 bits per heavy atom. The Morgan fingerprint density at radius 1 is 1.59 bits per heavy atom. The molecule has 0 radical (unpaired) electrons. The van der Waals surface area contributed by atoms with Crippen LogP contribution in [0.3, 0.4) is 0 Å². The van der Waals surface area contributed by atoms with Crippen molar-refractivity contribution in [3.8, 4) is 0 Å². The van der Waals surface area contributed by atoms with Crippen LogP contribution in [0.5, 0.6) is 0 Å². The van der Waals surface area contributed by atoms with Gasteiger partial charge in [0.25, 0.3) is 0 Å². The van der Waals surface area contributed by atoms with E-state index in [0.29, 0.717) is 19.1 Å². The maximum Gasteiger partial charge on any atom is 0.249 e. The first kappa shape index (κ1) is 15.2. The summed E-state index contributed by atoms with van der Waals surface area (Å²) < 4.78 is 10.9. The molecule has 7 heteroatoms. The maximum atomic E-state index is 12.1. The highest BCUT2D eigenvalue weighted by molar-refractivity contribution is 5.81. The minimum Gasteiger partial charge on any atom is -0.383 e. The number of nitrogens with one attached hydrogen (secondary N) is 1. The van der Waals surface area contributed by atoms with Crippen LogP contribution in [0.25, 0.3) is 0 Å². The van der Waals surface area contributed by atoms with Crippen molar-refractivity contribution in [3.05, 3.63) is 18.6 Å². The lowest BCUT2D eigenvalue weighted by molar-refractivity contribution is -0.132. The third-order valence-electron chi connectivity index (χ3n) is 4.34. The van der Waals surface area contributed by atoms with Gasteiger partial charge in [0.1, 0.15) is 18.2 Å². The standard InChI is InChI=1S/C15H22N4O3/c1-21-7-5-17-15(20)12-8-11-3-6-19(9-13(11)22-12)14-2-4-16-10-18-14/h2,4,10-13H,3,5-9H2,1H3,(H,17,20)/t11-,12-,13+/m0/s1.